The number of hydrogen-bond acceptors (Lipinski definition) is 3. The number of nitrogens with one attached hydrogen (secondary N) is 2. The van der Waals surface area contributed by atoms with Crippen LogP contribution in [0.2, 0.25) is 0 Å². The number of carbonyl (C=O) groups excluding carboxylic acids is 2. The first-order valence-electron chi connectivity index (χ1n) is 7.21. The van der Waals surface area contributed by atoms with Crippen molar-refractivity contribution >= 4 is 23.2 Å². The van der Waals surface area contributed by atoms with Crippen LogP contribution >= 0.6 is 0 Å². The molecule has 2 aromatic rings. The van der Waals surface area contributed by atoms with Crippen LogP contribution in [0.3, 0.4) is 0 Å². The molecule has 0 radical (unpaired) electrons. The zero-order valence-electron chi connectivity index (χ0n) is 13.0. The van der Waals surface area contributed by atoms with E-state index in [1.54, 1.807) is 18.2 Å². The SMILES string of the molecule is Cc1ccc(NC(=O)c2ccco2)c(NC(=O)CC(C)C)c1. The van der Waals surface area contributed by atoms with E-state index in [2.05, 4.69) is 10.6 Å². The lowest BCUT2D eigenvalue weighted by atomic mass is 10.1. The van der Waals surface area contributed by atoms with Gasteiger partial charge in [0.25, 0.3) is 5.91 Å². The van der Waals surface area contributed by atoms with Crippen molar-refractivity contribution in [2.24, 2.45) is 5.92 Å². The van der Waals surface area contributed by atoms with Crippen molar-refractivity contribution in [3.05, 3.63) is 47.9 Å². The van der Waals surface area contributed by atoms with E-state index in [9.17, 15) is 9.59 Å². The Morgan fingerprint density at radius 2 is 1.91 bits per heavy atom. The standard InChI is InChI=1S/C17H20N2O3/c1-11(2)9-16(20)18-14-10-12(3)6-7-13(14)19-17(21)15-5-4-8-22-15/h4-8,10-11H,9H2,1-3H3,(H,18,20)(H,19,21). The molecule has 2 rings (SSSR count). The van der Waals surface area contributed by atoms with Crippen molar-refractivity contribution in [2.45, 2.75) is 27.2 Å². The van der Waals surface area contributed by atoms with Crippen molar-refractivity contribution in [2.75, 3.05) is 10.6 Å². The molecule has 2 amide bonds. The molecule has 116 valence electrons. The van der Waals surface area contributed by atoms with Gasteiger partial charge in [-0.2, -0.15) is 0 Å². The van der Waals surface area contributed by atoms with Crippen molar-refractivity contribution in [1.29, 1.82) is 0 Å². The summed E-state index contributed by atoms with van der Waals surface area (Å²) in [5.41, 5.74) is 2.13. The van der Waals surface area contributed by atoms with Gasteiger partial charge in [-0.1, -0.05) is 19.9 Å². The number of amides is 2. The fourth-order valence-electron chi connectivity index (χ4n) is 2.03. The Morgan fingerprint density at radius 3 is 2.55 bits per heavy atom. The maximum atomic E-state index is 12.1. The number of furan rings is 1. The molecule has 0 saturated carbocycles. The van der Waals surface area contributed by atoms with Crippen LogP contribution in [-0.4, -0.2) is 11.8 Å². The van der Waals surface area contributed by atoms with Gasteiger partial charge in [0.15, 0.2) is 5.76 Å². The molecule has 5 heteroatoms. The first-order valence-corrected chi connectivity index (χ1v) is 7.21. The Balaban J connectivity index is 2.17. The third-order valence-electron chi connectivity index (χ3n) is 3.04. The maximum Gasteiger partial charge on any atom is 0.291 e. The van der Waals surface area contributed by atoms with Gasteiger partial charge in [-0.25, -0.2) is 0 Å². The van der Waals surface area contributed by atoms with Crippen LogP contribution < -0.4 is 10.6 Å². The second kappa shape index (κ2) is 6.93. The van der Waals surface area contributed by atoms with Crippen molar-refractivity contribution in [1.82, 2.24) is 0 Å². The summed E-state index contributed by atoms with van der Waals surface area (Å²) in [5, 5.41) is 5.60. The highest BCUT2D eigenvalue weighted by Gasteiger charge is 2.13. The van der Waals surface area contributed by atoms with Crippen LogP contribution in [0.5, 0.6) is 0 Å². The van der Waals surface area contributed by atoms with E-state index in [4.69, 9.17) is 4.42 Å². The highest BCUT2D eigenvalue weighted by Crippen LogP contribution is 2.24. The molecular weight excluding hydrogens is 280 g/mol. The largest absolute Gasteiger partial charge is 0.459 e. The normalized spacial score (nSPS) is 10.5. The summed E-state index contributed by atoms with van der Waals surface area (Å²) in [5.74, 6) is 0.0633. The highest BCUT2D eigenvalue weighted by molar-refractivity contribution is 6.05. The van der Waals surface area contributed by atoms with E-state index in [-0.39, 0.29) is 23.5 Å². The predicted octanol–water partition coefficient (Wildman–Crippen LogP) is 3.82. The summed E-state index contributed by atoms with van der Waals surface area (Å²) in [4.78, 5) is 24.0. The molecule has 0 unspecified atom stereocenters. The first kappa shape index (κ1) is 15.8. The zero-order valence-corrected chi connectivity index (χ0v) is 13.0. The highest BCUT2D eigenvalue weighted by atomic mass is 16.3. The van der Waals surface area contributed by atoms with Crippen LogP contribution in [0.1, 0.15) is 36.4 Å². The molecule has 0 aliphatic heterocycles. The van der Waals surface area contributed by atoms with E-state index in [0.29, 0.717) is 17.8 Å². The van der Waals surface area contributed by atoms with E-state index < -0.39 is 0 Å². The molecule has 22 heavy (non-hydrogen) atoms. The van der Waals surface area contributed by atoms with E-state index in [1.807, 2.05) is 32.9 Å². The Kier molecular flexibility index (Phi) is 4.99. The molecule has 0 aliphatic carbocycles. The van der Waals surface area contributed by atoms with E-state index in [0.717, 1.165) is 5.56 Å². The second-order valence-corrected chi connectivity index (χ2v) is 5.63. The Bertz CT molecular complexity index is 661. The summed E-state index contributed by atoms with van der Waals surface area (Å²) < 4.78 is 5.07. The minimum Gasteiger partial charge on any atom is -0.459 e. The van der Waals surface area contributed by atoms with Gasteiger partial charge in [0.2, 0.25) is 5.91 Å². The molecule has 1 aromatic carbocycles. The second-order valence-electron chi connectivity index (χ2n) is 5.63. The lowest BCUT2D eigenvalue weighted by Crippen LogP contribution is -2.17. The summed E-state index contributed by atoms with van der Waals surface area (Å²) in [6.07, 6.45) is 1.87. The van der Waals surface area contributed by atoms with Gasteiger partial charge in [0.05, 0.1) is 17.6 Å². The Labute approximate surface area is 129 Å². The summed E-state index contributed by atoms with van der Waals surface area (Å²) in [7, 11) is 0. The summed E-state index contributed by atoms with van der Waals surface area (Å²) in [6, 6.07) is 8.70. The van der Waals surface area contributed by atoms with Crippen molar-refractivity contribution in [3.8, 4) is 0 Å². The monoisotopic (exact) mass is 300 g/mol. The van der Waals surface area contributed by atoms with Gasteiger partial charge in [-0.15, -0.1) is 0 Å². The molecule has 1 aromatic heterocycles. The number of benzene rings is 1. The van der Waals surface area contributed by atoms with Gasteiger partial charge < -0.3 is 15.1 Å². The molecule has 2 N–H and O–H groups in total. The lowest BCUT2D eigenvalue weighted by molar-refractivity contribution is -0.116. The fourth-order valence-corrected chi connectivity index (χ4v) is 2.03. The molecule has 0 atom stereocenters. The third kappa shape index (κ3) is 4.22. The number of carbonyl (C=O) groups is 2. The summed E-state index contributed by atoms with van der Waals surface area (Å²) in [6.45, 7) is 5.89. The molecule has 1 heterocycles. The quantitative estimate of drug-likeness (QED) is 0.881. The average molecular weight is 300 g/mol. The van der Waals surface area contributed by atoms with Crippen molar-refractivity contribution in [3.63, 3.8) is 0 Å². The van der Waals surface area contributed by atoms with Crippen LogP contribution in [0.25, 0.3) is 0 Å². The smallest absolute Gasteiger partial charge is 0.291 e. The molecule has 5 nitrogen and oxygen atoms in total. The topological polar surface area (TPSA) is 71.3 Å². The van der Waals surface area contributed by atoms with E-state index >= 15 is 0 Å². The van der Waals surface area contributed by atoms with Crippen LogP contribution in [-0.2, 0) is 4.79 Å². The minimum atomic E-state index is -0.354. The minimum absolute atomic E-state index is 0.0749. The maximum absolute atomic E-state index is 12.1. The van der Waals surface area contributed by atoms with Gasteiger partial charge in [0, 0.05) is 6.42 Å². The predicted molar refractivity (Wildman–Crippen MR) is 85.9 cm³/mol. The van der Waals surface area contributed by atoms with Crippen LogP contribution in [0.4, 0.5) is 11.4 Å². The van der Waals surface area contributed by atoms with Crippen molar-refractivity contribution < 1.29 is 14.0 Å². The fraction of sp³-hybridized carbons (Fsp3) is 0.294. The Morgan fingerprint density at radius 1 is 1.14 bits per heavy atom. The molecule has 0 aliphatic rings. The third-order valence-corrected chi connectivity index (χ3v) is 3.04. The Hall–Kier alpha value is -2.56. The number of anilines is 2. The van der Waals surface area contributed by atoms with Crippen LogP contribution in [0.15, 0.2) is 41.0 Å². The average Bonchev–Trinajstić information content (AvgIpc) is 2.94. The van der Waals surface area contributed by atoms with Gasteiger partial charge in [0.1, 0.15) is 0 Å². The van der Waals surface area contributed by atoms with Gasteiger partial charge >= 0.3 is 0 Å². The van der Waals surface area contributed by atoms with Crippen LogP contribution in [0, 0.1) is 12.8 Å². The molecule has 0 bridgehead atoms. The number of hydrogen-bond donors (Lipinski definition) is 2. The van der Waals surface area contributed by atoms with E-state index in [1.165, 1.54) is 6.26 Å². The first-order chi connectivity index (χ1) is 10.5. The zero-order chi connectivity index (χ0) is 16.1. The summed E-state index contributed by atoms with van der Waals surface area (Å²) >= 11 is 0. The van der Waals surface area contributed by atoms with Gasteiger partial charge in [-0.3, -0.25) is 9.59 Å². The number of rotatable bonds is 5. The molecule has 0 saturated heterocycles. The molecule has 0 spiro atoms. The van der Waals surface area contributed by atoms with Gasteiger partial charge in [-0.05, 0) is 42.7 Å². The number of aryl methyl sites for hydroxylation is 1. The lowest BCUT2D eigenvalue weighted by Gasteiger charge is -2.13. The molecule has 0 fully saturated rings. The molecular formula is C17H20N2O3.